The Balaban J connectivity index is 1.14. The molecule has 3 aliphatic heterocycles. The number of amides is 3. The summed E-state index contributed by atoms with van der Waals surface area (Å²) in [5.41, 5.74) is 4.42. The van der Waals surface area contributed by atoms with E-state index in [0.29, 0.717) is 42.0 Å². The van der Waals surface area contributed by atoms with Gasteiger partial charge in [0.2, 0.25) is 0 Å². The molecule has 3 unspecified atom stereocenters. The van der Waals surface area contributed by atoms with Crippen LogP contribution in [0, 0.1) is 5.41 Å². The van der Waals surface area contributed by atoms with Crippen LogP contribution in [0.15, 0.2) is 88.5 Å². The summed E-state index contributed by atoms with van der Waals surface area (Å²) in [6.45, 7) is 23.3. The zero-order valence-electron chi connectivity index (χ0n) is 48.2. The number of benzene rings is 2. The van der Waals surface area contributed by atoms with Crippen LogP contribution in [0.3, 0.4) is 0 Å². The van der Waals surface area contributed by atoms with Gasteiger partial charge in [-0.2, -0.15) is 0 Å². The highest BCUT2D eigenvalue weighted by Crippen LogP contribution is 2.43. The third kappa shape index (κ3) is 13.8. The number of pyridine rings is 1. The van der Waals surface area contributed by atoms with E-state index in [1.807, 2.05) is 77.1 Å². The lowest BCUT2D eigenvalue weighted by molar-refractivity contribution is -0.179. The number of hydrogen-bond donors (Lipinski definition) is 2. The van der Waals surface area contributed by atoms with Gasteiger partial charge in [-0.3, -0.25) is 19.6 Å². The fraction of sp³-hybridized carbons (Fsp3) is 0.525. The fourth-order valence-electron chi connectivity index (χ4n) is 10.6. The first-order chi connectivity index (χ1) is 37.8. The second-order valence-corrected chi connectivity index (χ2v) is 25.3. The second-order valence-electron chi connectivity index (χ2n) is 23.6. The van der Waals surface area contributed by atoms with Crippen LogP contribution in [0.25, 0.3) is 22.2 Å². The summed E-state index contributed by atoms with van der Waals surface area (Å²) in [6, 6.07) is 17.2. The molecule has 8 rings (SSSR count). The van der Waals surface area contributed by atoms with Gasteiger partial charge in [-0.1, -0.05) is 62.4 Å². The van der Waals surface area contributed by atoms with E-state index in [1.54, 1.807) is 49.4 Å². The van der Waals surface area contributed by atoms with E-state index in [-0.39, 0.29) is 45.4 Å². The lowest BCUT2D eigenvalue weighted by Crippen LogP contribution is -2.64. The highest BCUT2D eigenvalue weighted by atomic mass is 79.9. The van der Waals surface area contributed by atoms with E-state index in [2.05, 4.69) is 70.9 Å². The molecule has 21 heteroatoms. The van der Waals surface area contributed by atoms with Crippen LogP contribution in [0.5, 0.6) is 0 Å². The first-order valence-corrected chi connectivity index (χ1v) is 29.1. The number of carbonyl (C=O) groups is 4. The van der Waals surface area contributed by atoms with Gasteiger partial charge in [0.25, 0.3) is 5.91 Å². The first kappa shape index (κ1) is 60.4. The summed E-state index contributed by atoms with van der Waals surface area (Å²) < 4.78 is 40.0. The number of alkyl carbamates (subject to hydrolysis) is 1. The molecule has 3 aromatic heterocycles. The smallest absolute Gasteiger partial charge is 0.480 e. The van der Waals surface area contributed by atoms with Crippen LogP contribution in [-0.4, -0.2) is 135 Å². The van der Waals surface area contributed by atoms with Crippen molar-refractivity contribution in [1.82, 2.24) is 34.8 Å². The van der Waals surface area contributed by atoms with Crippen molar-refractivity contribution < 1.29 is 52.5 Å². The maximum absolute atomic E-state index is 15.8. The maximum Gasteiger partial charge on any atom is 0.494 e. The Morgan fingerprint density at radius 3 is 2.34 bits per heavy atom. The van der Waals surface area contributed by atoms with Gasteiger partial charge in [-0.05, 0) is 150 Å². The van der Waals surface area contributed by atoms with Gasteiger partial charge >= 0.3 is 25.3 Å². The van der Waals surface area contributed by atoms with Crippen molar-refractivity contribution in [3.8, 4) is 11.3 Å². The number of nitrogens with zero attached hydrogens (tertiary/aromatic N) is 6. The molecule has 80 heavy (non-hydrogen) atoms. The average Bonchev–Trinajstić information content (AvgIpc) is 4.20. The Morgan fingerprint density at radius 2 is 1.71 bits per heavy atom. The Bertz CT molecular complexity index is 3050. The molecule has 5 aromatic rings. The van der Waals surface area contributed by atoms with Gasteiger partial charge in [-0.25, -0.2) is 19.6 Å². The number of ether oxygens (including phenoxy) is 4. The van der Waals surface area contributed by atoms with E-state index >= 15 is 4.79 Å². The van der Waals surface area contributed by atoms with Crippen LogP contribution in [0.1, 0.15) is 129 Å². The fourth-order valence-corrected chi connectivity index (χ4v) is 11.9. The third-order valence-corrected chi connectivity index (χ3v) is 17.0. The summed E-state index contributed by atoms with van der Waals surface area (Å²) in [5, 5.41) is 20.2. The first-order valence-electron chi connectivity index (χ1n) is 27.4. The standard InChI is InChI=1S/C59H77BBrN7O11S/c1-13-66-44-24-23-40(60-78-58(8,9)59(10,11)79-60)31-42(44)43(49(66)41-21-17-27-62-47(41)37(2)74-12)32-57(6,7)36-68-45(53(70)71)22-18-28-67(68)52(69)48(64-54(72)77-56(3,4)5)50(51-63-46(61)35-80-51)75-33-39-25-29-65(30-26-39)55(73)76-34-38-19-15-14-16-20-38/h14-17,19-21,23-25,27,31,35,37,45,48,50H,13,18,22,26,28-30,32-34,36H2,1-12H3,(H,64,72)(H,70,71)/t37?,45-,48?,50?/m0/s1. The Labute approximate surface area is 482 Å². The normalized spacial score (nSPS) is 18.9. The molecule has 6 heterocycles. The molecule has 430 valence electrons. The number of carbonyl (C=O) groups excluding carboxylic acids is 3. The zero-order valence-corrected chi connectivity index (χ0v) is 50.6. The molecule has 2 saturated heterocycles. The maximum atomic E-state index is 15.8. The molecular formula is C59H77BBrN7O11S. The SMILES string of the molecule is CCn1c(-c2cccnc2C(C)OC)c(CC(C)(C)CN2[C@H](C(=O)O)CCCN2C(=O)C(NC(=O)OC(C)(C)C)C(OCC2=CCN(C(=O)OCc3ccccc3)CC2)c2nc(Br)cs2)c2cc(B3OC(C)(C)C(C)(C)O3)ccc21. The van der Waals surface area contributed by atoms with Gasteiger partial charge in [0.15, 0.2) is 0 Å². The van der Waals surface area contributed by atoms with Crippen LogP contribution in [0.2, 0.25) is 0 Å². The number of carboxylic acid groups (broad SMARTS) is 1. The summed E-state index contributed by atoms with van der Waals surface area (Å²) in [7, 11) is 1.04. The minimum Gasteiger partial charge on any atom is -0.480 e. The van der Waals surface area contributed by atoms with Crippen molar-refractivity contribution in [1.29, 1.82) is 0 Å². The molecule has 0 spiro atoms. The van der Waals surface area contributed by atoms with Gasteiger partial charge in [0.05, 0.1) is 35.3 Å². The van der Waals surface area contributed by atoms with Crippen molar-refractivity contribution in [3.05, 3.63) is 110 Å². The molecule has 2 aromatic carbocycles. The molecule has 18 nitrogen and oxygen atoms in total. The van der Waals surface area contributed by atoms with Crippen molar-refractivity contribution >= 4 is 74.8 Å². The third-order valence-electron chi connectivity index (χ3n) is 15.4. The van der Waals surface area contributed by atoms with Crippen molar-refractivity contribution in [2.24, 2.45) is 5.41 Å². The number of carboxylic acids is 1. The molecule has 0 saturated carbocycles. The number of aryl methyl sites for hydroxylation is 1. The lowest BCUT2D eigenvalue weighted by Gasteiger charge is -2.47. The molecular weight excluding hydrogens is 1110 g/mol. The van der Waals surface area contributed by atoms with Gasteiger partial charge in [0.1, 0.15) is 40.0 Å². The van der Waals surface area contributed by atoms with E-state index in [4.69, 9.17) is 38.2 Å². The monoisotopic (exact) mass is 1180 g/mol. The molecule has 0 bridgehead atoms. The van der Waals surface area contributed by atoms with E-state index in [9.17, 15) is 19.5 Å². The lowest BCUT2D eigenvalue weighted by atomic mass is 9.77. The highest BCUT2D eigenvalue weighted by Gasteiger charge is 2.52. The molecule has 3 aliphatic rings. The van der Waals surface area contributed by atoms with Gasteiger partial charge in [-0.15, -0.1) is 11.3 Å². The molecule has 4 atom stereocenters. The summed E-state index contributed by atoms with van der Waals surface area (Å²) in [6.07, 6.45) is 2.41. The van der Waals surface area contributed by atoms with E-state index < -0.39 is 71.6 Å². The number of aliphatic carboxylic acids is 1. The van der Waals surface area contributed by atoms with E-state index in [0.717, 1.165) is 50.0 Å². The van der Waals surface area contributed by atoms with Gasteiger partial charge in [0, 0.05) is 67.9 Å². The van der Waals surface area contributed by atoms with Crippen LogP contribution >= 0.6 is 27.3 Å². The molecule has 3 amide bonds. The summed E-state index contributed by atoms with van der Waals surface area (Å²) in [4.78, 5) is 67.6. The van der Waals surface area contributed by atoms with Crippen molar-refractivity contribution in [3.63, 3.8) is 0 Å². The summed E-state index contributed by atoms with van der Waals surface area (Å²) in [5.74, 6) is -1.68. The Hall–Kier alpha value is -5.68. The molecule has 0 aliphatic carbocycles. The number of halogens is 1. The number of fused-ring (bicyclic) bond motifs is 1. The topological polar surface area (TPSA) is 196 Å². The second kappa shape index (κ2) is 24.8. The average molecular weight is 1180 g/mol. The van der Waals surface area contributed by atoms with Crippen molar-refractivity contribution in [2.45, 2.75) is 156 Å². The van der Waals surface area contributed by atoms with Crippen LogP contribution < -0.4 is 10.8 Å². The predicted molar refractivity (Wildman–Crippen MR) is 311 cm³/mol. The number of hydrogen-bond acceptors (Lipinski definition) is 14. The number of aromatic nitrogens is 3. The zero-order chi connectivity index (χ0) is 57.9. The predicted octanol–water partition coefficient (Wildman–Crippen LogP) is 10.4. The molecule has 0 radical (unpaired) electrons. The number of thiazole rings is 1. The number of methoxy groups -OCH3 is 1. The highest BCUT2D eigenvalue weighted by molar-refractivity contribution is 9.10. The Kier molecular flexibility index (Phi) is 18.7. The van der Waals surface area contributed by atoms with Crippen LogP contribution in [0.4, 0.5) is 9.59 Å². The molecule has 2 N–H and O–H groups in total. The quantitative estimate of drug-likeness (QED) is 0.0585. The van der Waals surface area contributed by atoms with Crippen molar-refractivity contribution in [2.75, 3.05) is 39.9 Å². The number of nitrogens with one attached hydrogen (secondary N) is 1. The largest absolute Gasteiger partial charge is 0.494 e. The number of rotatable bonds is 19. The molecule has 2 fully saturated rings. The number of hydrazine groups is 1. The van der Waals surface area contributed by atoms with E-state index in [1.165, 1.54) is 16.3 Å². The van der Waals surface area contributed by atoms with Crippen LogP contribution in [-0.2, 0) is 57.4 Å². The minimum absolute atomic E-state index is 0.0365. The summed E-state index contributed by atoms with van der Waals surface area (Å²) >= 11 is 4.73. The minimum atomic E-state index is -1.44. The Morgan fingerprint density at radius 1 is 0.988 bits per heavy atom. The van der Waals surface area contributed by atoms with Gasteiger partial charge < -0.3 is 48.1 Å².